The van der Waals surface area contributed by atoms with E-state index in [1.54, 1.807) is 0 Å². The van der Waals surface area contributed by atoms with E-state index in [1.807, 2.05) is 0 Å². The molecule has 0 aromatic heterocycles. The number of carboxylic acids is 1. The number of unbranched alkanes of at least 4 members (excludes halogenated alkanes) is 13. The maximum Gasteiger partial charge on any atom is 0.0782 e. The van der Waals surface area contributed by atoms with E-state index >= 15 is 0 Å². The molecule has 0 spiro atoms. The van der Waals surface area contributed by atoms with Crippen LogP contribution >= 0.6 is 0 Å². The minimum atomic E-state index is -1.19. The topological polar surface area (TPSA) is 40.1 Å². The molecule has 162 valence electrons. The number of carbonyl (C=O) groups excluding carboxylic acids is 1. The Kier molecular flexibility index (Phi) is 20.9. The number of carboxylic acid groups (broad SMARTS) is 1. The van der Waals surface area contributed by atoms with Gasteiger partial charge >= 0.3 is 0 Å². The maximum absolute atomic E-state index is 9.49. The van der Waals surface area contributed by atoms with Gasteiger partial charge in [0.2, 0.25) is 0 Å². The molecule has 3 nitrogen and oxygen atoms in total. The molecular formula is C24H49NO2. The van der Waals surface area contributed by atoms with Crippen LogP contribution in [0.15, 0.2) is 12.2 Å². The summed E-state index contributed by atoms with van der Waals surface area (Å²) < 4.78 is 1.19. The molecule has 0 unspecified atom stereocenters. The first kappa shape index (κ1) is 28.4. The number of aliphatic carboxylic acids is 1. The molecule has 0 aromatic carbocycles. The quantitative estimate of drug-likeness (QED) is 0.179. The molecule has 0 amide bonds. The standard InChI is InChI=1S/C20H44N.C4H6O2/c1-5-7-8-9-10-11-12-13-14-15-16-17-18-19-20-21(3,4)6-2;1-3(2)4(5)6/h5-20H2,1-4H3;1H2,2H3,(H,5,6)/q+1;/p-1. The van der Waals surface area contributed by atoms with Crippen molar-refractivity contribution in [1.82, 2.24) is 0 Å². The molecular weight excluding hydrogens is 334 g/mol. The third-order valence-electron chi connectivity index (χ3n) is 5.32. The van der Waals surface area contributed by atoms with Gasteiger partial charge < -0.3 is 14.4 Å². The molecule has 0 aromatic rings. The highest BCUT2D eigenvalue weighted by atomic mass is 16.4. The first-order chi connectivity index (χ1) is 12.8. The van der Waals surface area contributed by atoms with Crippen molar-refractivity contribution < 1.29 is 14.4 Å². The molecule has 0 rings (SSSR count). The molecule has 0 fully saturated rings. The van der Waals surface area contributed by atoms with Crippen molar-refractivity contribution in [2.45, 2.75) is 111 Å². The summed E-state index contributed by atoms with van der Waals surface area (Å²) in [4.78, 5) is 9.49. The average Bonchev–Trinajstić information content (AvgIpc) is 2.62. The second-order valence-corrected chi connectivity index (χ2v) is 8.64. The molecule has 0 N–H and O–H groups in total. The highest BCUT2D eigenvalue weighted by Crippen LogP contribution is 2.13. The second-order valence-electron chi connectivity index (χ2n) is 8.64. The van der Waals surface area contributed by atoms with Gasteiger partial charge in [-0.25, -0.2) is 0 Å². The van der Waals surface area contributed by atoms with Crippen LogP contribution < -0.4 is 5.11 Å². The average molecular weight is 384 g/mol. The lowest BCUT2D eigenvalue weighted by molar-refractivity contribution is -0.888. The number of quaternary nitrogens is 1. The van der Waals surface area contributed by atoms with Gasteiger partial charge in [0.05, 0.1) is 33.2 Å². The van der Waals surface area contributed by atoms with Crippen LogP contribution in [0.3, 0.4) is 0 Å². The summed E-state index contributed by atoms with van der Waals surface area (Å²) in [6.45, 7) is 11.7. The van der Waals surface area contributed by atoms with Crippen molar-refractivity contribution >= 4 is 5.97 Å². The predicted octanol–water partition coefficient (Wildman–Crippen LogP) is 5.88. The van der Waals surface area contributed by atoms with Crippen LogP contribution in [-0.4, -0.2) is 37.6 Å². The molecule has 0 saturated carbocycles. The molecule has 0 aliphatic carbocycles. The van der Waals surface area contributed by atoms with E-state index in [0.717, 1.165) is 0 Å². The van der Waals surface area contributed by atoms with Crippen molar-refractivity contribution in [3.63, 3.8) is 0 Å². The van der Waals surface area contributed by atoms with E-state index in [-0.39, 0.29) is 5.57 Å². The third-order valence-corrected chi connectivity index (χ3v) is 5.32. The van der Waals surface area contributed by atoms with Crippen LogP contribution in [0, 0.1) is 0 Å². The van der Waals surface area contributed by atoms with E-state index < -0.39 is 5.97 Å². The fourth-order valence-electron chi connectivity index (χ4n) is 2.89. The molecule has 0 bridgehead atoms. The summed E-state index contributed by atoms with van der Waals surface area (Å²) >= 11 is 0. The number of nitrogens with zero attached hydrogens (tertiary/aromatic N) is 1. The Bertz CT molecular complexity index is 338. The molecule has 27 heavy (non-hydrogen) atoms. The van der Waals surface area contributed by atoms with Crippen molar-refractivity contribution in [1.29, 1.82) is 0 Å². The van der Waals surface area contributed by atoms with Crippen LogP contribution in [0.2, 0.25) is 0 Å². The number of hydrogen-bond acceptors (Lipinski definition) is 2. The Morgan fingerprint density at radius 3 is 1.30 bits per heavy atom. The summed E-state index contributed by atoms with van der Waals surface area (Å²) in [6.07, 6.45) is 20.4. The van der Waals surface area contributed by atoms with E-state index in [9.17, 15) is 9.90 Å². The van der Waals surface area contributed by atoms with Crippen LogP contribution in [0.1, 0.15) is 111 Å². The minimum Gasteiger partial charge on any atom is -0.545 e. The maximum atomic E-state index is 9.49. The SMILES string of the molecule is C=C(C)C(=O)[O-].CCCCCCCCCCCCCCCC[N+](C)(C)CC. The van der Waals surface area contributed by atoms with Crippen LogP contribution in [-0.2, 0) is 4.79 Å². The second kappa shape index (κ2) is 19.9. The monoisotopic (exact) mass is 383 g/mol. The lowest BCUT2D eigenvalue weighted by Gasteiger charge is -2.28. The summed E-state index contributed by atoms with van der Waals surface area (Å²) in [5.41, 5.74) is 0.0648. The van der Waals surface area contributed by atoms with Gasteiger partial charge in [-0.05, 0) is 32.3 Å². The van der Waals surface area contributed by atoms with Gasteiger partial charge in [0.15, 0.2) is 0 Å². The number of rotatable bonds is 17. The van der Waals surface area contributed by atoms with Gasteiger partial charge in [0.1, 0.15) is 0 Å². The lowest BCUT2D eigenvalue weighted by Crippen LogP contribution is -2.39. The largest absolute Gasteiger partial charge is 0.545 e. The smallest absolute Gasteiger partial charge is 0.0782 e. The van der Waals surface area contributed by atoms with Crippen molar-refractivity contribution in [3.8, 4) is 0 Å². The zero-order chi connectivity index (χ0) is 21.0. The summed E-state index contributed by atoms with van der Waals surface area (Å²) in [5, 5.41) is 9.49. The Morgan fingerprint density at radius 2 is 1.04 bits per heavy atom. The molecule has 0 saturated heterocycles. The molecule has 3 heteroatoms. The summed E-state index contributed by atoms with van der Waals surface area (Å²) in [7, 11) is 4.70. The first-order valence-electron chi connectivity index (χ1n) is 11.5. The number of hydrogen-bond donors (Lipinski definition) is 0. The predicted molar refractivity (Wildman–Crippen MR) is 118 cm³/mol. The molecule has 0 radical (unpaired) electrons. The van der Waals surface area contributed by atoms with Crippen LogP contribution in [0.4, 0.5) is 0 Å². The van der Waals surface area contributed by atoms with Crippen molar-refractivity contribution in [2.75, 3.05) is 27.2 Å². The molecule has 0 aliphatic rings. The van der Waals surface area contributed by atoms with E-state index in [1.165, 1.54) is 114 Å². The van der Waals surface area contributed by atoms with Crippen molar-refractivity contribution in [3.05, 3.63) is 12.2 Å². The lowest BCUT2D eigenvalue weighted by atomic mass is 10.0. The first-order valence-corrected chi connectivity index (χ1v) is 11.5. The number of carbonyl (C=O) groups is 1. The Balaban J connectivity index is 0. The Morgan fingerprint density at radius 1 is 0.741 bits per heavy atom. The summed E-state index contributed by atoms with van der Waals surface area (Å²) in [5.74, 6) is -1.19. The van der Waals surface area contributed by atoms with Crippen molar-refractivity contribution in [2.24, 2.45) is 0 Å². The van der Waals surface area contributed by atoms with E-state index in [0.29, 0.717) is 0 Å². The van der Waals surface area contributed by atoms with E-state index in [2.05, 4.69) is 34.5 Å². The Labute approximate surface area is 170 Å². The third kappa shape index (κ3) is 25.2. The fraction of sp³-hybridized carbons (Fsp3) is 0.875. The Hall–Kier alpha value is -0.830. The van der Waals surface area contributed by atoms with Gasteiger partial charge in [-0.3, -0.25) is 0 Å². The van der Waals surface area contributed by atoms with Crippen LogP contribution in [0.5, 0.6) is 0 Å². The molecule has 0 heterocycles. The summed E-state index contributed by atoms with van der Waals surface area (Å²) in [6, 6.07) is 0. The van der Waals surface area contributed by atoms with Gasteiger partial charge in [-0.2, -0.15) is 0 Å². The highest BCUT2D eigenvalue weighted by Gasteiger charge is 2.09. The zero-order valence-electron chi connectivity index (χ0n) is 19.3. The van der Waals surface area contributed by atoms with Gasteiger partial charge in [-0.1, -0.05) is 90.6 Å². The van der Waals surface area contributed by atoms with Gasteiger partial charge in [0.25, 0.3) is 0 Å². The molecule has 0 aliphatic heterocycles. The van der Waals surface area contributed by atoms with Gasteiger partial charge in [0, 0.05) is 0 Å². The normalized spacial score (nSPS) is 11.0. The van der Waals surface area contributed by atoms with E-state index in [4.69, 9.17) is 0 Å². The fourth-order valence-corrected chi connectivity index (χ4v) is 2.89. The minimum absolute atomic E-state index is 0.0648. The zero-order valence-corrected chi connectivity index (χ0v) is 19.3. The molecule has 0 atom stereocenters. The van der Waals surface area contributed by atoms with Gasteiger partial charge in [-0.15, -0.1) is 0 Å². The van der Waals surface area contributed by atoms with Crippen LogP contribution in [0.25, 0.3) is 0 Å². The highest BCUT2D eigenvalue weighted by molar-refractivity contribution is 5.82.